The highest BCUT2D eigenvalue weighted by Crippen LogP contribution is 2.35. The lowest BCUT2D eigenvalue weighted by atomic mass is 9.93. The minimum Gasteiger partial charge on any atom is -0.208 e. The summed E-state index contributed by atoms with van der Waals surface area (Å²) in [6, 6.07) is 51.1. The van der Waals surface area contributed by atoms with Crippen LogP contribution in [-0.4, -0.2) is 15.0 Å². The van der Waals surface area contributed by atoms with Crippen molar-refractivity contribution in [3.05, 3.63) is 162 Å². The second-order valence-corrected chi connectivity index (χ2v) is 11.3. The molecular weight excluding hydrogens is 581 g/mol. The van der Waals surface area contributed by atoms with E-state index in [1.165, 1.54) is 0 Å². The Labute approximate surface area is 266 Å². The summed E-state index contributed by atoms with van der Waals surface area (Å²) in [4.78, 5) is 14.6. The van der Waals surface area contributed by atoms with Crippen molar-refractivity contribution in [1.29, 1.82) is 0 Å². The Kier molecular flexibility index (Phi) is 7.72. The minimum absolute atomic E-state index is 0.537. The van der Waals surface area contributed by atoms with Crippen LogP contribution < -0.4 is 0 Å². The molecule has 0 aliphatic carbocycles. The largest absolute Gasteiger partial charge is 0.208 e. The van der Waals surface area contributed by atoms with Crippen molar-refractivity contribution in [2.45, 2.75) is 0 Å². The zero-order chi connectivity index (χ0) is 29.9. The monoisotopic (exact) mass is 605 g/mol. The number of hydrogen-bond acceptors (Lipinski definition) is 3. The van der Waals surface area contributed by atoms with Gasteiger partial charge in [0.05, 0.1) is 0 Å². The zero-order valence-corrected chi connectivity index (χ0v) is 25.0. The van der Waals surface area contributed by atoms with Gasteiger partial charge in [0.1, 0.15) is 0 Å². The van der Waals surface area contributed by atoms with E-state index in [1.807, 2.05) is 72.8 Å². The molecule has 3 nitrogen and oxygen atoms in total. The van der Waals surface area contributed by atoms with Gasteiger partial charge in [0, 0.05) is 26.7 Å². The number of halogens is 2. The SMILES string of the molecule is Clc1cccc(-c2nc(-c3cccc(Cl)c3)nc(-c3cccc(-c4cc(-c5ccccc5)cc(-c5ccccc5)c4)c3)n2)c1. The van der Waals surface area contributed by atoms with E-state index in [0.29, 0.717) is 27.5 Å². The molecule has 7 rings (SSSR count). The highest BCUT2D eigenvalue weighted by atomic mass is 35.5. The summed E-state index contributed by atoms with van der Waals surface area (Å²) in [5.74, 6) is 1.64. The van der Waals surface area contributed by atoms with Crippen LogP contribution in [0, 0.1) is 0 Å². The fourth-order valence-corrected chi connectivity index (χ4v) is 5.63. The van der Waals surface area contributed by atoms with E-state index in [9.17, 15) is 0 Å². The smallest absolute Gasteiger partial charge is 0.164 e. The average Bonchev–Trinajstić information content (AvgIpc) is 3.09. The van der Waals surface area contributed by atoms with Gasteiger partial charge in [0.25, 0.3) is 0 Å². The molecule has 0 N–H and O–H groups in total. The Balaban J connectivity index is 1.38. The van der Waals surface area contributed by atoms with E-state index in [4.69, 9.17) is 38.2 Å². The third kappa shape index (κ3) is 6.02. The third-order valence-electron chi connectivity index (χ3n) is 7.40. The van der Waals surface area contributed by atoms with Crippen molar-refractivity contribution in [3.63, 3.8) is 0 Å². The van der Waals surface area contributed by atoms with E-state index in [1.54, 1.807) is 0 Å². The second-order valence-electron chi connectivity index (χ2n) is 10.4. The topological polar surface area (TPSA) is 38.7 Å². The standard InChI is InChI=1S/C39H25Cl2N3/c40-35-18-8-16-30(24-35)38-42-37(43-39(44-38)31-17-9-19-36(41)25-31)29-15-7-14-28(20-29)34-22-32(26-10-3-1-4-11-26)21-33(23-34)27-12-5-2-6-13-27/h1-25H. The van der Waals surface area contributed by atoms with Crippen LogP contribution in [-0.2, 0) is 0 Å². The van der Waals surface area contributed by atoms with Crippen molar-refractivity contribution < 1.29 is 0 Å². The van der Waals surface area contributed by atoms with Gasteiger partial charge in [-0.2, -0.15) is 0 Å². The molecule has 0 aliphatic heterocycles. The van der Waals surface area contributed by atoms with Gasteiger partial charge in [-0.3, -0.25) is 0 Å². The van der Waals surface area contributed by atoms with Crippen molar-refractivity contribution in [1.82, 2.24) is 15.0 Å². The molecule has 0 saturated heterocycles. The summed E-state index contributed by atoms with van der Waals surface area (Å²) in [5.41, 5.74) is 9.29. The maximum Gasteiger partial charge on any atom is 0.164 e. The first-order valence-electron chi connectivity index (χ1n) is 14.2. The van der Waals surface area contributed by atoms with E-state index in [2.05, 4.69) is 78.9 Å². The molecule has 0 atom stereocenters. The van der Waals surface area contributed by atoms with Gasteiger partial charge in [0.15, 0.2) is 17.5 Å². The summed E-state index contributed by atoms with van der Waals surface area (Å²) in [6.45, 7) is 0. The molecule has 0 fully saturated rings. The van der Waals surface area contributed by atoms with Crippen LogP contribution >= 0.6 is 23.2 Å². The molecule has 0 bridgehead atoms. The number of aromatic nitrogens is 3. The van der Waals surface area contributed by atoms with E-state index in [-0.39, 0.29) is 0 Å². The minimum atomic E-state index is 0.537. The molecular formula is C39H25Cl2N3. The Morgan fingerprint density at radius 3 is 1.02 bits per heavy atom. The second kappa shape index (κ2) is 12.3. The molecule has 0 amide bonds. The molecule has 0 unspecified atom stereocenters. The maximum atomic E-state index is 6.34. The van der Waals surface area contributed by atoms with Gasteiger partial charge in [-0.25, -0.2) is 15.0 Å². The molecule has 0 radical (unpaired) electrons. The summed E-state index contributed by atoms with van der Waals surface area (Å²) in [7, 11) is 0. The first-order chi connectivity index (χ1) is 21.6. The van der Waals surface area contributed by atoms with Crippen LogP contribution in [0.4, 0.5) is 0 Å². The van der Waals surface area contributed by atoms with Crippen LogP contribution in [0.15, 0.2) is 152 Å². The van der Waals surface area contributed by atoms with Crippen LogP contribution in [0.5, 0.6) is 0 Å². The first kappa shape index (κ1) is 27.7. The highest BCUT2D eigenvalue weighted by Gasteiger charge is 2.14. The molecule has 44 heavy (non-hydrogen) atoms. The average molecular weight is 607 g/mol. The number of nitrogens with zero attached hydrogens (tertiary/aromatic N) is 3. The Bertz CT molecular complexity index is 1970. The van der Waals surface area contributed by atoms with Crippen LogP contribution in [0.1, 0.15) is 0 Å². The Hall–Kier alpha value is -5.09. The third-order valence-corrected chi connectivity index (χ3v) is 7.87. The number of hydrogen-bond donors (Lipinski definition) is 0. The van der Waals surface area contributed by atoms with Gasteiger partial charge in [0.2, 0.25) is 0 Å². The van der Waals surface area contributed by atoms with Crippen molar-refractivity contribution >= 4 is 23.2 Å². The van der Waals surface area contributed by atoms with Crippen LogP contribution in [0.25, 0.3) is 67.5 Å². The molecule has 210 valence electrons. The molecule has 6 aromatic carbocycles. The van der Waals surface area contributed by atoms with Gasteiger partial charge in [-0.1, -0.05) is 126 Å². The van der Waals surface area contributed by atoms with Gasteiger partial charge in [-0.15, -0.1) is 0 Å². The summed E-state index contributed by atoms with van der Waals surface area (Å²) < 4.78 is 0. The Morgan fingerprint density at radius 2 is 0.591 bits per heavy atom. The summed E-state index contributed by atoms with van der Waals surface area (Å²) in [6.07, 6.45) is 0. The van der Waals surface area contributed by atoms with Gasteiger partial charge in [-0.05, 0) is 81.9 Å². The lowest BCUT2D eigenvalue weighted by Gasteiger charge is -2.13. The lowest BCUT2D eigenvalue weighted by molar-refractivity contribution is 1.07. The molecule has 0 aliphatic rings. The molecule has 0 saturated carbocycles. The quantitative estimate of drug-likeness (QED) is 0.189. The van der Waals surface area contributed by atoms with Gasteiger partial charge < -0.3 is 0 Å². The van der Waals surface area contributed by atoms with Crippen LogP contribution in [0.3, 0.4) is 0 Å². The molecule has 7 aromatic rings. The lowest BCUT2D eigenvalue weighted by Crippen LogP contribution is -2.00. The van der Waals surface area contributed by atoms with E-state index >= 15 is 0 Å². The van der Waals surface area contributed by atoms with Crippen molar-refractivity contribution in [2.24, 2.45) is 0 Å². The predicted molar refractivity (Wildman–Crippen MR) is 182 cm³/mol. The molecule has 1 aromatic heterocycles. The normalized spacial score (nSPS) is 11.0. The van der Waals surface area contributed by atoms with E-state index < -0.39 is 0 Å². The molecule has 5 heteroatoms. The van der Waals surface area contributed by atoms with Crippen molar-refractivity contribution in [2.75, 3.05) is 0 Å². The summed E-state index contributed by atoms with van der Waals surface area (Å²) >= 11 is 12.7. The fraction of sp³-hybridized carbons (Fsp3) is 0. The fourth-order valence-electron chi connectivity index (χ4n) is 5.25. The predicted octanol–water partition coefficient (Wildman–Crippen LogP) is 11.2. The van der Waals surface area contributed by atoms with Crippen LogP contribution in [0.2, 0.25) is 10.0 Å². The zero-order valence-electron chi connectivity index (χ0n) is 23.5. The van der Waals surface area contributed by atoms with E-state index in [0.717, 1.165) is 50.1 Å². The first-order valence-corrected chi connectivity index (χ1v) is 15.0. The highest BCUT2D eigenvalue weighted by molar-refractivity contribution is 6.31. The molecule has 1 heterocycles. The summed E-state index contributed by atoms with van der Waals surface area (Å²) in [5, 5.41) is 1.23. The molecule has 0 spiro atoms. The van der Waals surface area contributed by atoms with Crippen molar-refractivity contribution in [3.8, 4) is 67.5 Å². The Morgan fingerprint density at radius 1 is 0.273 bits per heavy atom. The maximum absolute atomic E-state index is 6.34. The number of rotatable bonds is 6. The number of benzene rings is 6. The van der Waals surface area contributed by atoms with Gasteiger partial charge >= 0.3 is 0 Å².